The number of carbonyl (C=O) groups is 1. The molecule has 120 valence electrons. The molecule has 2 unspecified atom stereocenters. The zero-order valence-electron chi connectivity index (χ0n) is 13.4. The summed E-state index contributed by atoms with van der Waals surface area (Å²) in [4.78, 5) is 16.6. The van der Waals surface area contributed by atoms with Crippen LogP contribution in [0.1, 0.15) is 46.9 Å². The number of thioether (sulfide) groups is 1. The van der Waals surface area contributed by atoms with Crippen LogP contribution in [0.5, 0.6) is 0 Å². The van der Waals surface area contributed by atoms with Crippen LogP contribution < -0.4 is 5.32 Å². The molecule has 1 heterocycles. The molecule has 0 saturated heterocycles. The van der Waals surface area contributed by atoms with Gasteiger partial charge in [0, 0.05) is 11.7 Å². The van der Waals surface area contributed by atoms with E-state index < -0.39 is 5.54 Å². The first-order chi connectivity index (χ1) is 9.95. The molecule has 0 aliphatic rings. The second kappa shape index (κ2) is 8.70. The van der Waals surface area contributed by atoms with E-state index in [-0.39, 0.29) is 11.2 Å². The van der Waals surface area contributed by atoms with Gasteiger partial charge in [-0.3, -0.25) is 4.79 Å². The first-order valence-corrected chi connectivity index (χ1v) is 9.01. The van der Waals surface area contributed by atoms with Gasteiger partial charge in [0.25, 0.3) is 0 Å². The van der Waals surface area contributed by atoms with Gasteiger partial charge in [-0.05, 0) is 38.3 Å². The fourth-order valence-electron chi connectivity index (χ4n) is 2.13. The Bertz CT molecular complexity index is 453. The highest BCUT2D eigenvalue weighted by Gasteiger charge is 2.35. The SMILES string of the molecule is CCNC(C)(CC(C)Sc1nc(CC)ns1)C(=O)OCC. The summed E-state index contributed by atoms with van der Waals surface area (Å²) in [6.45, 7) is 11.0. The lowest BCUT2D eigenvalue weighted by molar-refractivity contribution is -0.150. The Hall–Kier alpha value is -0.660. The molecular weight excluding hydrogens is 306 g/mol. The second-order valence-electron chi connectivity index (χ2n) is 5.05. The topological polar surface area (TPSA) is 64.1 Å². The first kappa shape index (κ1) is 18.4. The number of likely N-dealkylation sites (N-methyl/N-ethyl adjacent to an activating group) is 1. The number of hydrogen-bond donors (Lipinski definition) is 1. The Labute approximate surface area is 135 Å². The predicted octanol–water partition coefficient (Wildman–Crippen LogP) is 2.90. The molecule has 2 atom stereocenters. The third-order valence-electron chi connectivity index (χ3n) is 3.06. The number of carbonyl (C=O) groups excluding carboxylic acids is 1. The van der Waals surface area contributed by atoms with Crippen LogP contribution in [0.4, 0.5) is 0 Å². The van der Waals surface area contributed by atoms with Crippen LogP contribution in [0.25, 0.3) is 0 Å². The Balaban J connectivity index is 2.67. The molecule has 1 aromatic rings. The van der Waals surface area contributed by atoms with Crippen LogP contribution in [0.2, 0.25) is 0 Å². The van der Waals surface area contributed by atoms with Gasteiger partial charge in [0.2, 0.25) is 0 Å². The maximum atomic E-state index is 12.2. The van der Waals surface area contributed by atoms with E-state index in [1.54, 1.807) is 11.8 Å². The maximum Gasteiger partial charge on any atom is 0.326 e. The molecule has 21 heavy (non-hydrogen) atoms. The highest BCUT2D eigenvalue weighted by molar-refractivity contribution is 8.01. The molecular formula is C14H25N3O2S2. The maximum absolute atomic E-state index is 12.2. The number of aryl methyl sites for hydroxylation is 1. The monoisotopic (exact) mass is 331 g/mol. The summed E-state index contributed by atoms with van der Waals surface area (Å²) >= 11 is 3.09. The largest absolute Gasteiger partial charge is 0.465 e. The fourth-order valence-corrected chi connectivity index (χ4v) is 4.32. The molecule has 5 nitrogen and oxygen atoms in total. The molecule has 1 aromatic heterocycles. The average molecular weight is 332 g/mol. The van der Waals surface area contributed by atoms with E-state index in [4.69, 9.17) is 4.74 Å². The quantitative estimate of drug-likeness (QED) is 0.554. The van der Waals surface area contributed by atoms with Crippen LogP contribution >= 0.6 is 23.3 Å². The van der Waals surface area contributed by atoms with Crippen molar-refractivity contribution in [3.8, 4) is 0 Å². The highest BCUT2D eigenvalue weighted by atomic mass is 32.2. The third-order valence-corrected chi connectivity index (χ3v) is 4.98. The van der Waals surface area contributed by atoms with Gasteiger partial charge in [0.15, 0.2) is 4.34 Å². The summed E-state index contributed by atoms with van der Waals surface area (Å²) in [6, 6.07) is 0. The van der Waals surface area contributed by atoms with Gasteiger partial charge >= 0.3 is 5.97 Å². The van der Waals surface area contributed by atoms with Crippen LogP contribution in [0, 0.1) is 0 Å². The lowest BCUT2D eigenvalue weighted by Gasteiger charge is -2.30. The van der Waals surface area contributed by atoms with Crippen molar-refractivity contribution < 1.29 is 9.53 Å². The van der Waals surface area contributed by atoms with E-state index in [1.165, 1.54) is 11.5 Å². The van der Waals surface area contributed by atoms with Gasteiger partial charge in [-0.15, -0.1) is 0 Å². The first-order valence-electron chi connectivity index (χ1n) is 7.36. The normalized spacial score (nSPS) is 15.5. The molecule has 0 aromatic carbocycles. The molecule has 0 radical (unpaired) electrons. The van der Waals surface area contributed by atoms with Gasteiger partial charge in [-0.1, -0.05) is 32.5 Å². The third kappa shape index (κ3) is 5.56. The minimum Gasteiger partial charge on any atom is -0.465 e. The predicted molar refractivity (Wildman–Crippen MR) is 87.9 cm³/mol. The Morgan fingerprint density at radius 2 is 2.19 bits per heavy atom. The van der Waals surface area contributed by atoms with Gasteiger partial charge in [0.1, 0.15) is 11.4 Å². The van der Waals surface area contributed by atoms with E-state index in [9.17, 15) is 4.79 Å². The summed E-state index contributed by atoms with van der Waals surface area (Å²) in [6.07, 6.45) is 1.54. The number of rotatable bonds is 9. The van der Waals surface area contributed by atoms with Gasteiger partial charge < -0.3 is 10.1 Å². The summed E-state index contributed by atoms with van der Waals surface area (Å²) in [5, 5.41) is 3.50. The van der Waals surface area contributed by atoms with E-state index >= 15 is 0 Å². The van der Waals surface area contributed by atoms with Crippen molar-refractivity contribution in [2.75, 3.05) is 13.2 Å². The Morgan fingerprint density at radius 3 is 2.71 bits per heavy atom. The van der Waals surface area contributed by atoms with Crippen molar-refractivity contribution in [1.82, 2.24) is 14.7 Å². The molecule has 0 fully saturated rings. The zero-order valence-corrected chi connectivity index (χ0v) is 15.1. The average Bonchev–Trinajstić information content (AvgIpc) is 2.86. The van der Waals surface area contributed by atoms with Gasteiger partial charge in [-0.2, -0.15) is 4.37 Å². The zero-order chi connectivity index (χ0) is 15.9. The molecule has 1 N–H and O–H groups in total. The van der Waals surface area contributed by atoms with Crippen molar-refractivity contribution >= 4 is 29.3 Å². The number of hydrogen-bond acceptors (Lipinski definition) is 7. The van der Waals surface area contributed by atoms with Crippen molar-refractivity contribution in [1.29, 1.82) is 0 Å². The molecule has 1 rings (SSSR count). The smallest absolute Gasteiger partial charge is 0.326 e. The minimum atomic E-state index is -0.657. The Morgan fingerprint density at radius 1 is 1.48 bits per heavy atom. The number of esters is 1. The Kier molecular flexibility index (Phi) is 7.62. The molecule has 0 saturated carbocycles. The van der Waals surface area contributed by atoms with Gasteiger partial charge in [-0.25, -0.2) is 4.98 Å². The standard InChI is InChI=1S/C14H25N3O2S2/c1-6-11-16-13(21-17-11)20-10(4)9-14(5,15-7-2)12(18)19-8-3/h10,15H,6-9H2,1-5H3. The minimum absolute atomic E-state index is 0.189. The van der Waals surface area contributed by atoms with Crippen molar-refractivity contribution in [3.05, 3.63) is 5.82 Å². The summed E-state index contributed by atoms with van der Waals surface area (Å²) < 4.78 is 10.4. The molecule has 0 aliphatic heterocycles. The number of nitrogens with one attached hydrogen (secondary N) is 1. The lowest BCUT2D eigenvalue weighted by Crippen LogP contribution is -2.51. The van der Waals surface area contributed by atoms with E-state index in [0.717, 1.165) is 23.1 Å². The lowest BCUT2D eigenvalue weighted by atomic mass is 9.96. The number of aromatic nitrogens is 2. The van der Waals surface area contributed by atoms with Crippen LogP contribution in [-0.4, -0.2) is 39.3 Å². The van der Waals surface area contributed by atoms with Crippen LogP contribution in [-0.2, 0) is 16.0 Å². The molecule has 7 heteroatoms. The molecule has 0 amide bonds. The number of nitrogens with zero attached hydrogens (tertiary/aromatic N) is 2. The van der Waals surface area contributed by atoms with Crippen LogP contribution in [0.3, 0.4) is 0 Å². The van der Waals surface area contributed by atoms with E-state index in [2.05, 4.69) is 21.6 Å². The van der Waals surface area contributed by atoms with E-state index in [0.29, 0.717) is 13.0 Å². The van der Waals surface area contributed by atoms with Crippen molar-refractivity contribution in [2.24, 2.45) is 0 Å². The summed E-state index contributed by atoms with van der Waals surface area (Å²) in [5.41, 5.74) is -0.657. The molecule has 0 spiro atoms. The van der Waals surface area contributed by atoms with Crippen molar-refractivity contribution in [2.45, 2.75) is 62.6 Å². The summed E-state index contributed by atoms with van der Waals surface area (Å²) in [7, 11) is 0. The summed E-state index contributed by atoms with van der Waals surface area (Å²) in [5.74, 6) is 0.695. The number of ether oxygens (including phenoxy) is 1. The fraction of sp³-hybridized carbons (Fsp3) is 0.786. The van der Waals surface area contributed by atoms with Crippen molar-refractivity contribution in [3.63, 3.8) is 0 Å². The second-order valence-corrected chi connectivity index (χ2v) is 7.48. The van der Waals surface area contributed by atoms with E-state index in [1.807, 2.05) is 27.7 Å². The molecule has 0 bridgehead atoms. The van der Waals surface area contributed by atoms with Gasteiger partial charge in [0.05, 0.1) is 6.61 Å². The highest BCUT2D eigenvalue weighted by Crippen LogP contribution is 2.30. The molecule has 0 aliphatic carbocycles. The van der Waals surface area contributed by atoms with Crippen LogP contribution in [0.15, 0.2) is 4.34 Å².